The first-order valence-corrected chi connectivity index (χ1v) is 9.01. The summed E-state index contributed by atoms with van der Waals surface area (Å²) in [5, 5.41) is 9.98. The Hall–Kier alpha value is -2.60. The summed E-state index contributed by atoms with van der Waals surface area (Å²) in [5.74, 6) is 0.591. The molecule has 0 unspecified atom stereocenters. The van der Waals surface area contributed by atoms with Crippen molar-refractivity contribution in [1.82, 2.24) is 20.9 Å². The molecule has 3 N–H and O–H groups in total. The summed E-state index contributed by atoms with van der Waals surface area (Å²) >= 11 is 5.99. The molecule has 2 rings (SSSR count). The van der Waals surface area contributed by atoms with Gasteiger partial charge in [-0.05, 0) is 43.2 Å². The Balaban J connectivity index is 1.74. The molecule has 0 atom stereocenters. The Morgan fingerprint density at radius 3 is 2.73 bits per heavy atom. The highest BCUT2D eigenvalue weighted by Crippen LogP contribution is 2.10. The van der Waals surface area contributed by atoms with Crippen LogP contribution in [-0.2, 0) is 6.42 Å². The van der Waals surface area contributed by atoms with E-state index in [2.05, 4.69) is 25.9 Å². The van der Waals surface area contributed by atoms with E-state index in [1.807, 2.05) is 31.2 Å². The highest BCUT2D eigenvalue weighted by Gasteiger charge is 2.04. The molecular weight excluding hydrogens is 350 g/mol. The average Bonchev–Trinajstić information content (AvgIpc) is 2.65. The first-order valence-electron chi connectivity index (χ1n) is 8.64. The molecule has 0 fully saturated rings. The van der Waals surface area contributed by atoms with Crippen molar-refractivity contribution in [3.63, 3.8) is 0 Å². The van der Waals surface area contributed by atoms with Crippen LogP contribution in [0.25, 0.3) is 0 Å². The fourth-order valence-corrected chi connectivity index (χ4v) is 2.50. The van der Waals surface area contributed by atoms with Gasteiger partial charge in [-0.3, -0.25) is 14.8 Å². The standard InChI is InChI=1S/C19H24ClN5O/c1-2-22-19(24-10-8-15-5-3-7-17(20)13-15)25-12-11-23-18(26)16-6-4-9-21-14-16/h3-7,9,13-14H,2,8,10-12H2,1H3,(H,23,26)(H2,22,24,25). The van der Waals surface area contributed by atoms with Gasteiger partial charge in [0, 0.05) is 43.6 Å². The first-order chi connectivity index (χ1) is 12.7. The molecule has 0 aliphatic rings. The molecule has 0 bridgehead atoms. The van der Waals surface area contributed by atoms with Crippen molar-refractivity contribution in [3.8, 4) is 0 Å². The van der Waals surface area contributed by atoms with E-state index in [9.17, 15) is 4.79 Å². The number of nitrogens with zero attached hydrogens (tertiary/aromatic N) is 2. The third kappa shape index (κ3) is 7.11. The van der Waals surface area contributed by atoms with E-state index in [0.717, 1.165) is 29.5 Å². The maximum absolute atomic E-state index is 11.9. The summed E-state index contributed by atoms with van der Waals surface area (Å²) in [7, 11) is 0. The largest absolute Gasteiger partial charge is 0.357 e. The van der Waals surface area contributed by atoms with E-state index in [1.165, 1.54) is 0 Å². The second-order valence-corrected chi connectivity index (χ2v) is 6.00. The van der Waals surface area contributed by atoms with Crippen molar-refractivity contribution in [2.45, 2.75) is 13.3 Å². The molecule has 0 spiro atoms. The normalized spacial score (nSPS) is 11.1. The molecule has 0 aliphatic heterocycles. The summed E-state index contributed by atoms with van der Waals surface area (Å²) in [6, 6.07) is 11.3. The van der Waals surface area contributed by atoms with Gasteiger partial charge in [0.2, 0.25) is 0 Å². The number of amides is 1. The summed E-state index contributed by atoms with van der Waals surface area (Å²) in [6.45, 7) is 4.50. The number of guanidine groups is 1. The molecule has 0 saturated carbocycles. The Morgan fingerprint density at radius 1 is 1.15 bits per heavy atom. The lowest BCUT2D eigenvalue weighted by Crippen LogP contribution is -2.41. The summed E-state index contributed by atoms with van der Waals surface area (Å²) in [5.41, 5.74) is 1.70. The fraction of sp³-hybridized carbons (Fsp3) is 0.316. The minimum Gasteiger partial charge on any atom is -0.357 e. The number of benzene rings is 1. The highest BCUT2D eigenvalue weighted by atomic mass is 35.5. The molecule has 0 saturated heterocycles. The third-order valence-electron chi connectivity index (χ3n) is 3.53. The quantitative estimate of drug-likeness (QED) is 0.377. The number of carbonyl (C=O) groups is 1. The van der Waals surface area contributed by atoms with Gasteiger partial charge in [0.25, 0.3) is 5.91 Å². The zero-order valence-corrected chi connectivity index (χ0v) is 15.6. The minimum atomic E-state index is -0.136. The van der Waals surface area contributed by atoms with Gasteiger partial charge in [-0.1, -0.05) is 23.7 Å². The van der Waals surface area contributed by atoms with Gasteiger partial charge in [0.05, 0.1) is 5.56 Å². The molecule has 6 nitrogen and oxygen atoms in total. The van der Waals surface area contributed by atoms with Gasteiger partial charge in [0.15, 0.2) is 5.96 Å². The van der Waals surface area contributed by atoms with Crippen molar-refractivity contribution < 1.29 is 4.79 Å². The topological polar surface area (TPSA) is 78.4 Å². The molecular formula is C19H24ClN5O. The van der Waals surface area contributed by atoms with Crippen molar-refractivity contribution in [2.75, 3.05) is 26.2 Å². The molecule has 2 aromatic rings. The molecule has 0 radical (unpaired) electrons. The molecule has 26 heavy (non-hydrogen) atoms. The van der Waals surface area contributed by atoms with E-state index in [-0.39, 0.29) is 5.91 Å². The smallest absolute Gasteiger partial charge is 0.252 e. The number of carbonyl (C=O) groups excluding carboxylic acids is 1. The van der Waals surface area contributed by atoms with Crippen LogP contribution in [0.3, 0.4) is 0 Å². The van der Waals surface area contributed by atoms with Gasteiger partial charge >= 0.3 is 0 Å². The predicted molar refractivity (Wildman–Crippen MR) is 106 cm³/mol. The zero-order chi connectivity index (χ0) is 18.6. The first kappa shape index (κ1) is 19.7. The predicted octanol–water partition coefficient (Wildman–Crippen LogP) is 2.26. The SMILES string of the molecule is CCNC(=NCCc1cccc(Cl)c1)NCCNC(=O)c1cccnc1. The lowest BCUT2D eigenvalue weighted by Gasteiger charge is -2.12. The van der Waals surface area contributed by atoms with Crippen LogP contribution in [0.5, 0.6) is 0 Å². The maximum atomic E-state index is 11.9. The number of halogens is 1. The molecule has 7 heteroatoms. The van der Waals surface area contributed by atoms with Crippen LogP contribution < -0.4 is 16.0 Å². The van der Waals surface area contributed by atoms with Crippen LogP contribution in [0.2, 0.25) is 5.02 Å². The Morgan fingerprint density at radius 2 is 2.00 bits per heavy atom. The third-order valence-corrected chi connectivity index (χ3v) is 3.77. The zero-order valence-electron chi connectivity index (χ0n) is 14.8. The Labute approximate surface area is 159 Å². The second-order valence-electron chi connectivity index (χ2n) is 5.56. The van der Waals surface area contributed by atoms with Crippen LogP contribution in [0.1, 0.15) is 22.8 Å². The monoisotopic (exact) mass is 373 g/mol. The summed E-state index contributed by atoms with van der Waals surface area (Å²) in [4.78, 5) is 20.4. The lowest BCUT2D eigenvalue weighted by atomic mass is 10.1. The fourth-order valence-electron chi connectivity index (χ4n) is 2.29. The average molecular weight is 374 g/mol. The highest BCUT2D eigenvalue weighted by molar-refractivity contribution is 6.30. The van der Waals surface area contributed by atoms with Crippen molar-refractivity contribution in [2.24, 2.45) is 4.99 Å². The van der Waals surface area contributed by atoms with Gasteiger partial charge < -0.3 is 16.0 Å². The molecule has 0 aliphatic carbocycles. The van der Waals surface area contributed by atoms with Crippen molar-refractivity contribution in [3.05, 3.63) is 64.9 Å². The minimum absolute atomic E-state index is 0.136. The van der Waals surface area contributed by atoms with Gasteiger partial charge in [-0.25, -0.2) is 0 Å². The van der Waals surface area contributed by atoms with E-state index in [4.69, 9.17) is 11.6 Å². The Kier molecular flexibility index (Phi) is 8.42. The van der Waals surface area contributed by atoms with E-state index in [0.29, 0.717) is 25.2 Å². The number of aliphatic imine (C=N–C) groups is 1. The van der Waals surface area contributed by atoms with Crippen LogP contribution in [0, 0.1) is 0 Å². The molecule has 138 valence electrons. The van der Waals surface area contributed by atoms with E-state index < -0.39 is 0 Å². The molecule has 1 heterocycles. The van der Waals surface area contributed by atoms with E-state index in [1.54, 1.807) is 24.5 Å². The molecule has 1 aromatic heterocycles. The van der Waals surface area contributed by atoms with Crippen LogP contribution in [0.4, 0.5) is 0 Å². The van der Waals surface area contributed by atoms with E-state index >= 15 is 0 Å². The number of hydrogen-bond donors (Lipinski definition) is 3. The number of hydrogen-bond acceptors (Lipinski definition) is 3. The number of pyridine rings is 1. The Bertz CT molecular complexity index is 721. The number of nitrogens with one attached hydrogen (secondary N) is 3. The molecule has 1 aromatic carbocycles. The number of rotatable bonds is 8. The summed E-state index contributed by atoms with van der Waals surface area (Å²) in [6.07, 6.45) is 4.00. The van der Waals surface area contributed by atoms with Gasteiger partial charge in [-0.2, -0.15) is 0 Å². The summed E-state index contributed by atoms with van der Waals surface area (Å²) < 4.78 is 0. The maximum Gasteiger partial charge on any atom is 0.252 e. The molecule has 1 amide bonds. The van der Waals surface area contributed by atoms with Crippen LogP contribution in [0.15, 0.2) is 53.8 Å². The van der Waals surface area contributed by atoms with Crippen LogP contribution >= 0.6 is 11.6 Å². The number of aromatic nitrogens is 1. The second kappa shape index (κ2) is 11.1. The van der Waals surface area contributed by atoms with Crippen molar-refractivity contribution >= 4 is 23.5 Å². The van der Waals surface area contributed by atoms with Crippen LogP contribution in [-0.4, -0.2) is 43.0 Å². The van der Waals surface area contributed by atoms with Gasteiger partial charge in [-0.15, -0.1) is 0 Å². The van der Waals surface area contributed by atoms with Crippen molar-refractivity contribution in [1.29, 1.82) is 0 Å². The lowest BCUT2D eigenvalue weighted by molar-refractivity contribution is 0.0954. The van der Waals surface area contributed by atoms with Gasteiger partial charge in [0.1, 0.15) is 0 Å².